The molecular weight excluding hydrogens is 301 g/mol. The Kier molecular flexibility index (Phi) is 5.92. The van der Waals surface area contributed by atoms with Gasteiger partial charge in [-0.15, -0.1) is 0 Å². The van der Waals surface area contributed by atoms with Crippen LogP contribution in [0.5, 0.6) is 0 Å². The highest BCUT2D eigenvalue weighted by atomic mass is 19.1. The van der Waals surface area contributed by atoms with Crippen LogP contribution in [-0.2, 0) is 9.53 Å². The zero-order chi connectivity index (χ0) is 16.9. The minimum Gasteiger partial charge on any atom is -0.467 e. The average Bonchev–Trinajstić information content (AvgIpc) is 2.44. The molecular formula is C14H13F3N2O3. The van der Waals surface area contributed by atoms with Crippen LogP contribution in [0.25, 0.3) is 0 Å². The van der Waals surface area contributed by atoms with Gasteiger partial charge in [0.05, 0.1) is 13.2 Å². The number of nitriles is 1. The summed E-state index contributed by atoms with van der Waals surface area (Å²) in [6.45, 7) is 1.50. The second kappa shape index (κ2) is 7.45. The monoisotopic (exact) mass is 314 g/mol. The molecule has 1 aromatic carbocycles. The third-order valence-electron chi connectivity index (χ3n) is 2.83. The summed E-state index contributed by atoms with van der Waals surface area (Å²) < 4.78 is 44.3. The first-order chi connectivity index (χ1) is 10.3. The predicted octanol–water partition coefficient (Wildman–Crippen LogP) is 1.93. The number of carbonyl (C=O) groups excluding carboxylic acids is 2. The third kappa shape index (κ3) is 4.22. The van der Waals surface area contributed by atoms with Crippen LogP contribution in [0.1, 0.15) is 23.7 Å². The van der Waals surface area contributed by atoms with Crippen molar-refractivity contribution in [3.05, 3.63) is 35.1 Å². The molecule has 1 aromatic rings. The quantitative estimate of drug-likeness (QED) is 0.842. The van der Waals surface area contributed by atoms with Gasteiger partial charge in [-0.25, -0.2) is 18.0 Å². The predicted molar refractivity (Wildman–Crippen MR) is 69.0 cm³/mol. The minimum atomic E-state index is -1.40. The number of carbonyl (C=O) groups is 2. The summed E-state index contributed by atoms with van der Waals surface area (Å²) in [4.78, 5) is 23.5. The maximum atomic E-state index is 13.5. The number of methoxy groups -OCH3 is 1. The fraction of sp³-hybridized carbons (Fsp3) is 0.357. The van der Waals surface area contributed by atoms with Gasteiger partial charge >= 0.3 is 5.97 Å². The molecule has 0 bridgehead atoms. The van der Waals surface area contributed by atoms with E-state index in [0.717, 1.165) is 7.11 Å². The first-order valence-electron chi connectivity index (χ1n) is 6.23. The molecule has 22 heavy (non-hydrogen) atoms. The van der Waals surface area contributed by atoms with Crippen LogP contribution in [-0.4, -0.2) is 25.0 Å². The molecule has 0 heterocycles. The lowest BCUT2D eigenvalue weighted by Crippen LogP contribution is -2.43. The van der Waals surface area contributed by atoms with Crippen LogP contribution in [0.15, 0.2) is 12.1 Å². The summed E-state index contributed by atoms with van der Waals surface area (Å²) in [5.41, 5.74) is -1.01. The van der Waals surface area contributed by atoms with E-state index in [9.17, 15) is 22.8 Å². The van der Waals surface area contributed by atoms with E-state index in [4.69, 9.17) is 5.26 Å². The molecule has 8 heteroatoms. The largest absolute Gasteiger partial charge is 0.467 e. The van der Waals surface area contributed by atoms with Crippen molar-refractivity contribution in [2.45, 2.75) is 19.4 Å². The average molecular weight is 314 g/mol. The van der Waals surface area contributed by atoms with Gasteiger partial charge in [-0.3, -0.25) is 4.79 Å². The Hall–Kier alpha value is -2.56. The Bertz CT molecular complexity index is 605. The highest BCUT2D eigenvalue weighted by Crippen LogP contribution is 2.16. The maximum Gasteiger partial charge on any atom is 0.328 e. The van der Waals surface area contributed by atoms with E-state index in [0.29, 0.717) is 12.1 Å². The SMILES string of the molecule is COC(=O)[C@H](C[C@H](C)C#N)NC(=O)c1c(F)cc(F)cc1F. The lowest BCUT2D eigenvalue weighted by molar-refractivity contribution is -0.143. The van der Waals surface area contributed by atoms with Crippen molar-refractivity contribution in [1.82, 2.24) is 5.32 Å². The zero-order valence-corrected chi connectivity index (χ0v) is 11.8. The van der Waals surface area contributed by atoms with Gasteiger partial charge in [-0.2, -0.15) is 5.26 Å². The molecule has 0 aliphatic carbocycles. The van der Waals surface area contributed by atoms with Gasteiger partial charge in [0.25, 0.3) is 5.91 Å². The molecule has 0 aliphatic heterocycles. The van der Waals surface area contributed by atoms with Crippen LogP contribution >= 0.6 is 0 Å². The van der Waals surface area contributed by atoms with Crippen LogP contribution in [0.2, 0.25) is 0 Å². The molecule has 1 amide bonds. The molecule has 118 valence electrons. The van der Waals surface area contributed by atoms with E-state index < -0.39 is 46.9 Å². The van der Waals surface area contributed by atoms with Crippen molar-refractivity contribution in [1.29, 1.82) is 5.26 Å². The summed E-state index contributed by atoms with van der Waals surface area (Å²) in [5, 5.41) is 10.8. The number of nitrogens with one attached hydrogen (secondary N) is 1. The topological polar surface area (TPSA) is 79.2 Å². The highest BCUT2D eigenvalue weighted by Gasteiger charge is 2.27. The Morgan fingerprint density at radius 2 is 1.86 bits per heavy atom. The summed E-state index contributed by atoms with van der Waals surface area (Å²) >= 11 is 0. The van der Waals surface area contributed by atoms with E-state index in [2.05, 4.69) is 10.1 Å². The molecule has 0 spiro atoms. The second-order valence-corrected chi connectivity index (χ2v) is 4.56. The molecule has 0 aromatic heterocycles. The maximum absolute atomic E-state index is 13.5. The molecule has 1 N–H and O–H groups in total. The third-order valence-corrected chi connectivity index (χ3v) is 2.83. The Balaban J connectivity index is 3.01. The first-order valence-corrected chi connectivity index (χ1v) is 6.23. The van der Waals surface area contributed by atoms with Gasteiger partial charge in [0.2, 0.25) is 0 Å². The van der Waals surface area contributed by atoms with Crippen molar-refractivity contribution in [2.24, 2.45) is 5.92 Å². The van der Waals surface area contributed by atoms with Crippen molar-refractivity contribution in [3.8, 4) is 6.07 Å². The molecule has 0 aliphatic rings. The van der Waals surface area contributed by atoms with Crippen LogP contribution in [0.4, 0.5) is 13.2 Å². The number of nitrogens with zero attached hydrogens (tertiary/aromatic N) is 1. The Labute approximate surface area is 124 Å². The van der Waals surface area contributed by atoms with Gasteiger partial charge in [-0.1, -0.05) is 0 Å². The van der Waals surface area contributed by atoms with Crippen LogP contribution in [0.3, 0.4) is 0 Å². The Morgan fingerprint density at radius 3 is 2.32 bits per heavy atom. The van der Waals surface area contributed by atoms with Gasteiger partial charge in [0, 0.05) is 18.1 Å². The lowest BCUT2D eigenvalue weighted by atomic mass is 10.0. The van der Waals surface area contributed by atoms with Crippen molar-refractivity contribution in [2.75, 3.05) is 7.11 Å². The molecule has 5 nitrogen and oxygen atoms in total. The van der Waals surface area contributed by atoms with E-state index in [1.54, 1.807) is 0 Å². The summed E-state index contributed by atoms with van der Waals surface area (Å²) in [5.74, 6) is -6.67. The lowest BCUT2D eigenvalue weighted by Gasteiger charge is -2.17. The van der Waals surface area contributed by atoms with Crippen molar-refractivity contribution >= 4 is 11.9 Å². The molecule has 1 rings (SSSR count). The fourth-order valence-electron chi connectivity index (χ4n) is 1.75. The number of ether oxygens (including phenoxy) is 1. The molecule has 0 fully saturated rings. The number of rotatable bonds is 5. The Morgan fingerprint density at radius 1 is 1.32 bits per heavy atom. The van der Waals surface area contributed by atoms with Gasteiger partial charge in [-0.05, 0) is 13.3 Å². The standard InChI is InChI=1S/C14H13F3N2O3/c1-7(6-18)3-11(14(21)22-2)19-13(20)12-9(16)4-8(15)5-10(12)17/h4-5,7,11H,3H2,1-2H3,(H,19,20)/t7-,11-/m0/s1. The summed E-state index contributed by atoms with van der Waals surface area (Å²) in [6.07, 6.45) is -0.0979. The molecule has 0 radical (unpaired) electrons. The fourth-order valence-corrected chi connectivity index (χ4v) is 1.75. The molecule has 2 atom stereocenters. The number of amides is 1. The van der Waals surface area contributed by atoms with Crippen molar-refractivity contribution in [3.63, 3.8) is 0 Å². The minimum absolute atomic E-state index is 0.0979. The molecule has 0 saturated heterocycles. The van der Waals surface area contributed by atoms with E-state index in [1.165, 1.54) is 6.92 Å². The van der Waals surface area contributed by atoms with Crippen molar-refractivity contribution < 1.29 is 27.5 Å². The second-order valence-electron chi connectivity index (χ2n) is 4.56. The zero-order valence-electron chi connectivity index (χ0n) is 11.8. The molecule has 0 saturated carbocycles. The first kappa shape index (κ1) is 17.5. The van der Waals surface area contributed by atoms with Gasteiger partial charge in [0.15, 0.2) is 0 Å². The number of halogens is 3. The van der Waals surface area contributed by atoms with E-state index in [1.807, 2.05) is 6.07 Å². The summed E-state index contributed by atoms with van der Waals surface area (Å²) in [7, 11) is 1.07. The number of hydrogen-bond acceptors (Lipinski definition) is 4. The van der Waals surface area contributed by atoms with Gasteiger partial charge < -0.3 is 10.1 Å². The highest BCUT2D eigenvalue weighted by molar-refractivity contribution is 5.97. The number of esters is 1. The van der Waals surface area contributed by atoms with Gasteiger partial charge in [0.1, 0.15) is 29.1 Å². The van der Waals surface area contributed by atoms with Crippen LogP contribution < -0.4 is 5.32 Å². The summed E-state index contributed by atoms with van der Waals surface area (Å²) in [6, 6.07) is 1.31. The number of benzene rings is 1. The van der Waals surface area contributed by atoms with E-state index in [-0.39, 0.29) is 6.42 Å². The normalized spacial score (nSPS) is 12.9. The molecule has 0 unspecified atom stereocenters. The number of hydrogen-bond donors (Lipinski definition) is 1. The van der Waals surface area contributed by atoms with Crippen LogP contribution in [0, 0.1) is 34.7 Å². The van der Waals surface area contributed by atoms with E-state index >= 15 is 0 Å². The smallest absolute Gasteiger partial charge is 0.328 e.